The number of nitrogens with two attached hydrogens (primary N) is 1. The molecule has 1 atom stereocenters. The normalized spacial score (nSPS) is 25.5. The first-order chi connectivity index (χ1) is 11.9. The molecule has 7 heteroatoms. The summed E-state index contributed by atoms with van der Waals surface area (Å²) >= 11 is 0. The van der Waals surface area contributed by atoms with Crippen molar-refractivity contribution < 1.29 is 19.5 Å². The molecule has 114 valence electrons. The summed E-state index contributed by atoms with van der Waals surface area (Å²) in [6, 6.07) is -0.570. The topological polar surface area (TPSA) is 95.0 Å². The third kappa shape index (κ3) is 2.18. The Morgan fingerprint density at radius 1 is 1.45 bits per heavy atom. The van der Waals surface area contributed by atoms with Gasteiger partial charge in [-0.3, -0.25) is 19.0 Å². The molecule has 2 N–H and O–H groups in total. The first-order valence-corrected chi connectivity index (χ1v) is 6.53. The maximum Gasteiger partial charge on any atom is 0.264 e. The summed E-state index contributed by atoms with van der Waals surface area (Å²) in [7, 11) is 0. The summed E-state index contributed by atoms with van der Waals surface area (Å²) in [5.74, 6) is -2.92. The third-order valence-corrected chi connectivity index (χ3v) is 3.56. The lowest BCUT2D eigenvalue weighted by Gasteiger charge is -2.24. The molecule has 1 aromatic heterocycles. The van der Waals surface area contributed by atoms with Crippen LogP contribution in [0.25, 0.3) is 10.9 Å². The number of nitrogens with zero attached hydrogens (tertiary/aromatic N) is 2. The number of fused-ring (bicyclic) bond motifs is 1. The van der Waals surface area contributed by atoms with Crippen LogP contribution in [0.1, 0.15) is 36.6 Å². The Labute approximate surface area is 130 Å². The molecule has 0 spiro atoms. The Bertz CT molecular complexity index is 1020. The Morgan fingerprint density at radius 2 is 2.23 bits per heavy atom. The highest BCUT2D eigenvalue weighted by atomic mass is 19.1. The van der Waals surface area contributed by atoms with Crippen LogP contribution in [0.2, 0.25) is 0 Å². The van der Waals surface area contributed by atoms with E-state index in [2.05, 4.69) is 4.98 Å². The van der Waals surface area contributed by atoms with Gasteiger partial charge in [0.2, 0.25) is 0 Å². The van der Waals surface area contributed by atoms with Crippen LogP contribution >= 0.6 is 0 Å². The summed E-state index contributed by atoms with van der Waals surface area (Å²) in [6.07, 6.45) is -1.09. The maximum absolute atomic E-state index is 13.6. The molecule has 22 heavy (non-hydrogen) atoms. The van der Waals surface area contributed by atoms with E-state index in [9.17, 15) is 18.8 Å². The monoisotopic (exact) mass is 307 g/mol. The number of halogens is 1. The van der Waals surface area contributed by atoms with Crippen molar-refractivity contribution in [1.29, 1.82) is 0 Å². The number of aryl methyl sites for hydroxylation is 1. The number of Topliss-reactive ketones (excluding diaryl/α,β-unsaturated/α-hetero) is 2. The van der Waals surface area contributed by atoms with E-state index >= 15 is 0 Å². The average Bonchev–Trinajstić information content (AvgIpc) is 2.49. The van der Waals surface area contributed by atoms with Crippen LogP contribution in [-0.4, -0.2) is 21.1 Å². The number of rotatable bonds is 1. The zero-order chi connectivity index (χ0) is 19.4. The molecule has 3 rings (SSSR count). The zero-order valence-corrected chi connectivity index (χ0v) is 11.4. The Balaban J connectivity index is 2.44. The minimum atomic E-state index is -2.95. The van der Waals surface area contributed by atoms with Gasteiger partial charge in [-0.2, -0.15) is 0 Å². The van der Waals surface area contributed by atoms with Gasteiger partial charge in [-0.05, 0) is 19.3 Å². The smallest absolute Gasteiger partial charge is 0.264 e. The summed E-state index contributed by atoms with van der Waals surface area (Å²) in [5.41, 5.74) is 4.08. The van der Waals surface area contributed by atoms with Crippen molar-refractivity contribution in [1.82, 2.24) is 9.55 Å². The molecule has 0 radical (unpaired) electrons. The predicted molar refractivity (Wildman–Crippen MR) is 78.0 cm³/mol. The Morgan fingerprint density at radius 3 is 2.91 bits per heavy atom. The van der Waals surface area contributed by atoms with E-state index < -0.39 is 48.1 Å². The number of benzene rings is 1. The highest BCUT2D eigenvalue weighted by molar-refractivity contribution is 6.03. The standard InChI is InChI=1S/C15H14FN3O3/c1-7-18-11-5-8(16)4-10(17)14(11)15(22)19(7)12-3-2-9(20)6-13(12)21/h4-5,12H,2-3,6,17H2,1H3/t12-/m0/s1/i1D3,12D. The van der Waals surface area contributed by atoms with Crippen LogP contribution in [0.5, 0.6) is 0 Å². The molecule has 0 unspecified atom stereocenters. The predicted octanol–water partition coefficient (Wildman–Crippen LogP) is 1.29. The van der Waals surface area contributed by atoms with Crippen LogP contribution < -0.4 is 11.3 Å². The first-order valence-electron chi connectivity index (χ1n) is 8.53. The van der Waals surface area contributed by atoms with Crippen LogP contribution in [0.4, 0.5) is 10.1 Å². The average molecular weight is 307 g/mol. The highest BCUT2D eigenvalue weighted by Gasteiger charge is 2.30. The van der Waals surface area contributed by atoms with Crippen LogP contribution in [-0.2, 0) is 9.59 Å². The molecular weight excluding hydrogens is 289 g/mol. The quantitative estimate of drug-likeness (QED) is 0.632. The number of nitrogen functional groups attached to an aromatic ring is 1. The fourth-order valence-corrected chi connectivity index (χ4v) is 2.56. The molecule has 0 saturated heterocycles. The van der Waals surface area contributed by atoms with E-state index in [1.807, 2.05) is 0 Å². The van der Waals surface area contributed by atoms with Gasteiger partial charge in [0.15, 0.2) is 5.78 Å². The molecule has 6 nitrogen and oxygen atoms in total. The second-order valence-electron chi connectivity index (χ2n) is 5.05. The van der Waals surface area contributed by atoms with Crippen molar-refractivity contribution in [2.75, 3.05) is 5.73 Å². The Hall–Kier alpha value is -2.57. The fraction of sp³-hybridized carbons (Fsp3) is 0.333. The lowest BCUT2D eigenvalue weighted by Crippen LogP contribution is -2.36. The molecule has 0 bridgehead atoms. The second kappa shape index (κ2) is 5.01. The van der Waals surface area contributed by atoms with Gasteiger partial charge >= 0.3 is 0 Å². The van der Waals surface area contributed by atoms with Crippen molar-refractivity contribution in [2.24, 2.45) is 0 Å². The number of ketones is 2. The van der Waals surface area contributed by atoms with Gasteiger partial charge in [0.05, 0.1) is 24.7 Å². The molecule has 0 aliphatic heterocycles. The van der Waals surface area contributed by atoms with E-state index in [-0.39, 0.29) is 29.4 Å². The third-order valence-electron chi connectivity index (χ3n) is 3.56. The molecule has 2 aromatic rings. The molecular formula is C15H14FN3O3. The van der Waals surface area contributed by atoms with E-state index in [0.29, 0.717) is 4.57 Å². The van der Waals surface area contributed by atoms with Gasteiger partial charge < -0.3 is 5.73 Å². The first kappa shape index (κ1) is 10.2. The fourth-order valence-electron chi connectivity index (χ4n) is 2.56. The number of hydrogen-bond donors (Lipinski definition) is 1. The van der Waals surface area contributed by atoms with Crippen molar-refractivity contribution in [3.63, 3.8) is 0 Å². The summed E-state index contributed by atoms with van der Waals surface area (Å²) in [5, 5.41) is -0.282. The van der Waals surface area contributed by atoms with Crippen LogP contribution in [0.15, 0.2) is 16.9 Å². The van der Waals surface area contributed by atoms with Crippen LogP contribution in [0.3, 0.4) is 0 Å². The van der Waals surface area contributed by atoms with E-state index in [1.54, 1.807) is 0 Å². The van der Waals surface area contributed by atoms with E-state index in [0.717, 1.165) is 12.1 Å². The van der Waals surface area contributed by atoms with Gasteiger partial charge in [-0.1, -0.05) is 0 Å². The summed E-state index contributed by atoms with van der Waals surface area (Å²) in [6.45, 7) is -2.95. The number of carbonyl (C=O) groups excluding carboxylic acids is 2. The number of anilines is 1. The molecule has 0 amide bonds. The molecule has 1 fully saturated rings. The molecule has 1 saturated carbocycles. The SMILES string of the molecule is [2H]C([2H])([2H])c1nc2cc(F)cc(N)c2c(=O)n1[C@@]1([2H])CCC(=O)CC1=O. The maximum atomic E-state index is 13.6. The zero-order valence-electron chi connectivity index (χ0n) is 15.4. The van der Waals surface area contributed by atoms with Gasteiger partial charge in [0.25, 0.3) is 5.56 Å². The highest BCUT2D eigenvalue weighted by Crippen LogP contribution is 2.25. The number of carbonyl (C=O) groups is 2. The van der Waals surface area contributed by atoms with Crippen LogP contribution in [0, 0.1) is 12.7 Å². The van der Waals surface area contributed by atoms with Crippen molar-refractivity contribution >= 4 is 28.2 Å². The van der Waals surface area contributed by atoms with Gasteiger partial charge in [0, 0.05) is 22.3 Å². The van der Waals surface area contributed by atoms with Crippen molar-refractivity contribution in [2.45, 2.75) is 32.1 Å². The minimum Gasteiger partial charge on any atom is -0.398 e. The van der Waals surface area contributed by atoms with Crippen molar-refractivity contribution in [3.8, 4) is 0 Å². The summed E-state index contributed by atoms with van der Waals surface area (Å²) < 4.78 is 45.4. The molecule has 1 aromatic carbocycles. The van der Waals surface area contributed by atoms with E-state index in [4.69, 9.17) is 11.2 Å². The molecule has 1 heterocycles. The summed E-state index contributed by atoms with van der Waals surface area (Å²) in [4.78, 5) is 40.6. The van der Waals surface area contributed by atoms with Gasteiger partial charge in [-0.15, -0.1) is 0 Å². The number of hydrogen-bond acceptors (Lipinski definition) is 5. The lowest BCUT2D eigenvalue weighted by atomic mass is 9.92. The van der Waals surface area contributed by atoms with Gasteiger partial charge in [-0.25, -0.2) is 9.37 Å². The molecule has 1 aliphatic rings. The van der Waals surface area contributed by atoms with Gasteiger partial charge in [0.1, 0.15) is 17.4 Å². The Kier molecular flexibility index (Phi) is 2.32. The van der Waals surface area contributed by atoms with Crippen molar-refractivity contribution in [3.05, 3.63) is 34.1 Å². The number of aromatic nitrogens is 2. The minimum absolute atomic E-state index is 0.154. The van der Waals surface area contributed by atoms with E-state index in [1.165, 1.54) is 0 Å². The second-order valence-corrected chi connectivity index (χ2v) is 5.05. The largest absolute Gasteiger partial charge is 0.398 e. The lowest BCUT2D eigenvalue weighted by molar-refractivity contribution is -0.132. The molecule has 1 aliphatic carbocycles.